The van der Waals surface area contributed by atoms with Gasteiger partial charge in [0.25, 0.3) is 0 Å². The van der Waals surface area contributed by atoms with Crippen LogP contribution >= 0.6 is 0 Å². The van der Waals surface area contributed by atoms with Gasteiger partial charge in [-0.1, -0.05) is 0 Å². The van der Waals surface area contributed by atoms with Crippen molar-refractivity contribution in [2.75, 3.05) is 5.75 Å². The lowest BCUT2D eigenvalue weighted by atomic mass is 9.54. The van der Waals surface area contributed by atoms with E-state index in [1.54, 1.807) is 0 Å². The number of sulfonamides is 2. The molecule has 0 aromatic heterocycles. The maximum Gasteiger partial charge on any atom is 0.512 e. The van der Waals surface area contributed by atoms with E-state index in [4.69, 9.17) is 4.74 Å². The van der Waals surface area contributed by atoms with Gasteiger partial charge in [0.05, 0.1) is 0 Å². The van der Waals surface area contributed by atoms with Gasteiger partial charge in [-0.3, -0.25) is 0 Å². The molecule has 0 radical (unpaired) electrons. The van der Waals surface area contributed by atoms with Crippen LogP contribution in [-0.4, -0.2) is 45.6 Å². The predicted molar refractivity (Wildman–Crippen MR) is 83.8 cm³/mol. The first-order valence-electron chi connectivity index (χ1n) is 8.46. The minimum atomic E-state index is -6.42. The summed E-state index contributed by atoms with van der Waals surface area (Å²) in [5.74, 6) is -8.67. The second-order valence-electron chi connectivity index (χ2n) is 7.99. The van der Waals surface area contributed by atoms with Crippen LogP contribution in [0.2, 0.25) is 0 Å². The van der Waals surface area contributed by atoms with Crippen molar-refractivity contribution in [1.29, 1.82) is 0 Å². The van der Waals surface area contributed by atoms with Gasteiger partial charge in [-0.2, -0.15) is 22.0 Å². The fraction of sp³-hybridized carbons (Fsp3) is 0.929. The molecule has 0 aromatic carbocycles. The number of ether oxygens (including phenoxy) is 1. The van der Waals surface area contributed by atoms with Gasteiger partial charge in [0, 0.05) is 0 Å². The Morgan fingerprint density at radius 2 is 1.36 bits per heavy atom. The lowest BCUT2D eigenvalue weighted by Gasteiger charge is -2.55. The number of hydrogen-bond donors (Lipinski definition) is 1. The zero-order valence-electron chi connectivity index (χ0n) is 14.3. The monoisotopic (exact) mass is 455 g/mol. The van der Waals surface area contributed by atoms with E-state index in [-0.39, 0.29) is 21.9 Å². The Morgan fingerprint density at radius 1 is 0.929 bits per heavy atom. The summed E-state index contributed by atoms with van der Waals surface area (Å²) in [6, 6.07) is 0. The van der Waals surface area contributed by atoms with E-state index in [2.05, 4.69) is 0 Å². The van der Waals surface area contributed by atoms with Crippen molar-refractivity contribution >= 4 is 26.0 Å². The molecule has 162 valence electrons. The van der Waals surface area contributed by atoms with Crippen LogP contribution in [0.15, 0.2) is 0 Å². The molecule has 14 heteroatoms. The number of esters is 1. The second-order valence-corrected chi connectivity index (χ2v) is 11.6. The molecule has 1 N–H and O–H groups in total. The molecule has 4 saturated carbocycles. The van der Waals surface area contributed by atoms with Crippen LogP contribution < -0.4 is 4.13 Å². The van der Waals surface area contributed by atoms with Gasteiger partial charge in [-0.25, -0.2) is 21.6 Å². The fourth-order valence-electron chi connectivity index (χ4n) is 4.97. The highest BCUT2D eigenvalue weighted by atomic mass is 32.3. The minimum Gasteiger partial charge on any atom is -0.455 e. The molecule has 0 spiro atoms. The van der Waals surface area contributed by atoms with Crippen LogP contribution in [-0.2, 0) is 29.6 Å². The topological polar surface area (TPSA) is 107 Å². The lowest BCUT2D eigenvalue weighted by molar-refractivity contribution is -0.207. The van der Waals surface area contributed by atoms with Gasteiger partial charge in [0.1, 0.15) is 11.4 Å². The van der Waals surface area contributed by atoms with E-state index in [1.807, 2.05) is 0 Å². The van der Waals surface area contributed by atoms with Crippen LogP contribution in [0.4, 0.5) is 22.0 Å². The summed E-state index contributed by atoms with van der Waals surface area (Å²) in [7, 11) is -12.1. The number of nitrogens with one attached hydrogen (secondary N) is 1. The Hall–Kier alpha value is -1.02. The highest BCUT2D eigenvalue weighted by Gasteiger charge is 2.57. The van der Waals surface area contributed by atoms with Crippen LogP contribution in [0, 0.1) is 17.8 Å². The lowest BCUT2D eigenvalue weighted by Crippen LogP contribution is -2.55. The Kier molecular flexibility index (Phi) is 5.03. The van der Waals surface area contributed by atoms with E-state index in [0.717, 1.165) is 19.3 Å². The summed E-state index contributed by atoms with van der Waals surface area (Å²) in [6.45, 7) is 0. The zero-order chi connectivity index (χ0) is 21.2. The van der Waals surface area contributed by atoms with Gasteiger partial charge in [-0.05, 0) is 56.3 Å². The molecule has 0 saturated heterocycles. The molecular weight excluding hydrogens is 437 g/mol. The van der Waals surface area contributed by atoms with Crippen molar-refractivity contribution in [1.82, 2.24) is 4.13 Å². The number of halogens is 5. The molecule has 4 fully saturated rings. The van der Waals surface area contributed by atoms with E-state index in [1.165, 1.54) is 0 Å². The molecule has 0 unspecified atom stereocenters. The van der Waals surface area contributed by atoms with Crippen molar-refractivity contribution in [2.24, 2.45) is 17.8 Å². The van der Waals surface area contributed by atoms with Crippen molar-refractivity contribution in [3.63, 3.8) is 0 Å². The molecule has 28 heavy (non-hydrogen) atoms. The molecular formula is C14H18F5NO6S2. The van der Waals surface area contributed by atoms with Gasteiger partial charge >= 0.3 is 27.4 Å². The van der Waals surface area contributed by atoms with Crippen LogP contribution in [0.5, 0.6) is 0 Å². The Morgan fingerprint density at radius 3 is 1.75 bits per heavy atom. The highest BCUT2D eigenvalue weighted by molar-refractivity contribution is 8.05. The number of carbonyl (C=O) groups is 1. The quantitative estimate of drug-likeness (QED) is 0.484. The van der Waals surface area contributed by atoms with Gasteiger partial charge < -0.3 is 4.74 Å². The van der Waals surface area contributed by atoms with E-state index in [9.17, 15) is 43.6 Å². The van der Waals surface area contributed by atoms with E-state index in [0.29, 0.717) is 19.3 Å². The third kappa shape index (κ3) is 4.27. The molecule has 7 nitrogen and oxygen atoms in total. The maximum absolute atomic E-state index is 14.1. The number of rotatable bonds is 6. The third-order valence-electron chi connectivity index (χ3n) is 5.50. The SMILES string of the molecule is O=C(OC12CC3CC(CC(C3)C1)C2)C(F)(F)CS(=O)(=O)NS(=O)(=O)C(F)(F)F. The molecule has 4 aliphatic carbocycles. The van der Waals surface area contributed by atoms with Gasteiger partial charge in [-0.15, -0.1) is 4.13 Å². The zero-order valence-corrected chi connectivity index (χ0v) is 16.0. The molecule has 0 atom stereocenters. The number of carbonyl (C=O) groups excluding carboxylic acids is 1. The van der Waals surface area contributed by atoms with Gasteiger partial charge in [0.15, 0.2) is 0 Å². The third-order valence-corrected chi connectivity index (χ3v) is 8.75. The maximum atomic E-state index is 14.1. The molecule has 0 amide bonds. The Labute approximate surface area is 158 Å². The first-order chi connectivity index (χ1) is 12.5. The highest BCUT2D eigenvalue weighted by Crippen LogP contribution is 2.57. The second kappa shape index (κ2) is 6.49. The summed E-state index contributed by atoms with van der Waals surface area (Å²) in [4.78, 5) is 12.0. The number of hydrogen-bond acceptors (Lipinski definition) is 6. The average molecular weight is 455 g/mol. The summed E-state index contributed by atoms with van der Waals surface area (Å²) in [5.41, 5.74) is -7.14. The molecule has 4 aliphatic rings. The summed E-state index contributed by atoms with van der Waals surface area (Å²) in [6.07, 6.45) is 3.90. The normalized spacial score (nSPS) is 33.1. The molecule has 0 aliphatic heterocycles. The van der Waals surface area contributed by atoms with E-state index >= 15 is 0 Å². The average Bonchev–Trinajstić information content (AvgIpc) is 2.40. The van der Waals surface area contributed by atoms with Crippen molar-refractivity contribution < 1.29 is 48.3 Å². The molecule has 0 heterocycles. The molecule has 0 aromatic rings. The molecule has 4 rings (SSSR count). The molecule has 4 bridgehead atoms. The first kappa shape index (κ1) is 21.7. The first-order valence-corrected chi connectivity index (χ1v) is 11.6. The van der Waals surface area contributed by atoms with E-state index < -0.39 is 48.8 Å². The fourth-order valence-corrected chi connectivity index (χ4v) is 7.51. The van der Waals surface area contributed by atoms with Crippen molar-refractivity contribution in [3.05, 3.63) is 0 Å². The van der Waals surface area contributed by atoms with Crippen LogP contribution in [0.1, 0.15) is 38.5 Å². The largest absolute Gasteiger partial charge is 0.512 e. The van der Waals surface area contributed by atoms with Gasteiger partial charge in [0.2, 0.25) is 10.0 Å². The Bertz CT molecular complexity index is 832. The standard InChI is InChI=1S/C14H18F5NO6S2/c15-13(16,7-27(22,23)20-28(24,25)14(17,18)19)11(21)26-12-4-8-1-9(5-12)3-10(2-8)6-12/h8-10,20H,1-7H2. The predicted octanol–water partition coefficient (Wildman–Crippen LogP) is 1.90. The Balaban J connectivity index is 1.70. The summed E-state index contributed by atoms with van der Waals surface area (Å²) >= 11 is 0. The summed E-state index contributed by atoms with van der Waals surface area (Å²) in [5, 5.41) is 0. The summed E-state index contributed by atoms with van der Waals surface area (Å²) < 4.78 is 115. The van der Waals surface area contributed by atoms with Crippen molar-refractivity contribution in [3.8, 4) is 0 Å². The minimum absolute atomic E-state index is 0.175. The smallest absolute Gasteiger partial charge is 0.455 e. The number of alkyl halides is 5. The van der Waals surface area contributed by atoms with Crippen LogP contribution in [0.3, 0.4) is 0 Å². The van der Waals surface area contributed by atoms with Crippen LogP contribution in [0.25, 0.3) is 0 Å². The van der Waals surface area contributed by atoms with Crippen molar-refractivity contribution in [2.45, 2.75) is 55.6 Å².